The van der Waals surface area contributed by atoms with Gasteiger partial charge in [-0.3, -0.25) is 4.79 Å². The first-order chi connectivity index (χ1) is 20.6. The Morgan fingerprint density at radius 2 is 2.02 bits per heavy atom. The van der Waals surface area contributed by atoms with Gasteiger partial charge in [-0.05, 0) is 56.9 Å². The number of benzene rings is 1. The Morgan fingerprint density at radius 3 is 2.72 bits per heavy atom. The SMILES string of the molecule is [C-]#[N+]C[C@H]1CN(c2nc(OCCN(C)CC3CC3)nc3c2CCN(c2cccc(C)c2C(F)(F)F)C3)CCN1C(=O)C=C. The van der Waals surface area contributed by atoms with Crippen LogP contribution in [0.25, 0.3) is 4.85 Å². The molecule has 5 rings (SSSR count). The smallest absolute Gasteiger partial charge is 0.418 e. The van der Waals surface area contributed by atoms with Crippen LogP contribution in [0.4, 0.5) is 24.7 Å². The molecule has 1 saturated heterocycles. The summed E-state index contributed by atoms with van der Waals surface area (Å²) in [5, 5.41) is 0. The Balaban J connectivity index is 1.44. The van der Waals surface area contributed by atoms with Crippen molar-refractivity contribution in [3.8, 4) is 6.01 Å². The molecule has 2 fully saturated rings. The summed E-state index contributed by atoms with van der Waals surface area (Å²) in [6.07, 6.45) is -0.259. The molecular weight excluding hydrogens is 559 g/mol. The van der Waals surface area contributed by atoms with E-state index in [0.29, 0.717) is 57.3 Å². The van der Waals surface area contributed by atoms with E-state index in [4.69, 9.17) is 21.3 Å². The molecule has 43 heavy (non-hydrogen) atoms. The van der Waals surface area contributed by atoms with E-state index >= 15 is 0 Å². The van der Waals surface area contributed by atoms with Crippen LogP contribution >= 0.6 is 0 Å². The van der Waals surface area contributed by atoms with Crippen molar-refractivity contribution in [2.45, 2.75) is 44.9 Å². The summed E-state index contributed by atoms with van der Waals surface area (Å²) < 4.78 is 48.3. The number of rotatable bonds is 10. The lowest BCUT2D eigenvalue weighted by Crippen LogP contribution is -2.56. The van der Waals surface area contributed by atoms with E-state index in [0.717, 1.165) is 18.0 Å². The minimum absolute atomic E-state index is 0.135. The van der Waals surface area contributed by atoms with Crippen LogP contribution < -0.4 is 14.5 Å². The molecule has 2 aliphatic heterocycles. The molecule has 9 nitrogen and oxygen atoms in total. The molecule has 1 amide bonds. The van der Waals surface area contributed by atoms with Gasteiger partial charge in [0.05, 0.1) is 17.8 Å². The molecule has 2 aromatic rings. The number of fused-ring (bicyclic) bond motifs is 1. The number of nitrogens with zero attached hydrogens (tertiary/aromatic N) is 7. The molecule has 3 heterocycles. The van der Waals surface area contributed by atoms with E-state index in [1.54, 1.807) is 15.9 Å². The van der Waals surface area contributed by atoms with Gasteiger partial charge >= 0.3 is 12.2 Å². The third kappa shape index (κ3) is 7.04. The molecule has 0 N–H and O–H groups in total. The molecule has 1 saturated carbocycles. The summed E-state index contributed by atoms with van der Waals surface area (Å²) in [6, 6.07) is 4.48. The monoisotopic (exact) mass is 597 g/mol. The summed E-state index contributed by atoms with van der Waals surface area (Å²) in [5.74, 6) is 1.19. The van der Waals surface area contributed by atoms with Crippen molar-refractivity contribution < 1.29 is 22.7 Å². The maximum atomic E-state index is 14.1. The van der Waals surface area contributed by atoms with Gasteiger partial charge in [0.1, 0.15) is 18.5 Å². The van der Waals surface area contributed by atoms with Crippen LogP contribution in [-0.2, 0) is 23.9 Å². The van der Waals surface area contributed by atoms with Gasteiger partial charge in [-0.15, -0.1) is 0 Å². The lowest BCUT2D eigenvalue weighted by Gasteiger charge is -2.41. The Hall–Kier alpha value is -3.85. The number of hydrogen-bond donors (Lipinski definition) is 0. The third-order valence-electron chi connectivity index (χ3n) is 8.41. The molecule has 230 valence electrons. The standard InChI is InChI=1S/C31H38F3N7O2/c1-5-27(42)41-14-13-40(19-23(41)17-35-3)29-24-11-12-39(26-8-6-7-21(2)28(26)31(32,33)34)20-25(24)36-30(37-29)43-16-15-38(4)18-22-9-10-22/h5-8,22-23H,1,9-20H2,2,4H3/t23-/m0/s1. The first kappa shape index (κ1) is 30.6. The van der Waals surface area contributed by atoms with Gasteiger partial charge in [-0.1, -0.05) is 18.7 Å². The van der Waals surface area contributed by atoms with Gasteiger partial charge in [0.2, 0.25) is 12.5 Å². The third-order valence-corrected chi connectivity index (χ3v) is 8.41. The summed E-state index contributed by atoms with van der Waals surface area (Å²) in [5.41, 5.74) is 1.17. The van der Waals surface area contributed by atoms with Crippen LogP contribution in [0.1, 0.15) is 35.2 Å². The highest BCUT2D eigenvalue weighted by Crippen LogP contribution is 2.41. The highest BCUT2D eigenvalue weighted by Gasteiger charge is 2.38. The Morgan fingerprint density at radius 1 is 1.23 bits per heavy atom. The van der Waals surface area contributed by atoms with E-state index in [2.05, 4.69) is 28.3 Å². The van der Waals surface area contributed by atoms with Gasteiger partial charge in [-0.25, -0.2) is 6.57 Å². The van der Waals surface area contributed by atoms with Crippen molar-refractivity contribution in [2.24, 2.45) is 5.92 Å². The number of likely N-dealkylation sites (N-methyl/N-ethyl adjacent to an activating group) is 1. The molecule has 0 radical (unpaired) electrons. The molecule has 1 aromatic carbocycles. The topological polar surface area (TPSA) is 69.4 Å². The van der Waals surface area contributed by atoms with Crippen LogP contribution in [0.15, 0.2) is 30.9 Å². The largest absolute Gasteiger partial charge is 0.462 e. The zero-order chi connectivity index (χ0) is 30.7. The maximum Gasteiger partial charge on any atom is 0.418 e. The van der Waals surface area contributed by atoms with Gasteiger partial charge in [0.15, 0.2) is 0 Å². The number of amides is 1. The molecule has 1 aromatic heterocycles. The molecule has 3 aliphatic rings. The zero-order valence-electron chi connectivity index (χ0n) is 24.7. The molecule has 0 bridgehead atoms. The van der Waals surface area contributed by atoms with Crippen molar-refractivity contribution in [3.05, 3.63) is 64.7 Å². The summed E-state index contributed by atoms with van der Waals surface area (Å²) in [6.45, 7) is 16.6. The Bertz CT molecular complexity index is 1390. The van der Waals surface area contributed by atoms with E-state index in [9.17, 15) is 18.0 Å². The quantitative estimate of drug-likeness (QED) is 0.300. The number of alkyl halides is 3. The average Bonchev–Trinajstić information content (AvgIpc) is 3.79. The number of halogens is 3. The molecule has 0 unspecified atom stereocenters. The van der Waals surface area contributed by atoms with Crippen molar-refractivity contribution in [1.29, 1.82) is 0 Å². The first-order valence-corrected chi connectivity index (χ1v) is 14.7. The lowest BCUT2D eigenvalue weighted by atomic mass is 10.00. The normalized spacial score (nSPS) is 18.8. The zero-order valence-corrected chi connectivity index (χ0v) is 24.7. The fourth-order valence-electron chi connectivity index (χ4n) is 6.05. The van der Waals surface area contributed by atoms with Gasteiger partial charge in [0.25, 0.3) is 0 Å². The van der Waals surface area contributed by atoms with Crippen LogP contribution in [-0.4, -0.2) is 91.2 Å². The minimum Gasteiger partial charge on any atom is -0.462 e. The maximum absolute atomic E-state index is 14.1. The minimum atomic E-state index is -4.49. The average molecular weight is 598 g/mol. The van der Waals surface area contributed by atoms with E-state index in [1.807, 2.05) is 0 Å². The number of ether oxygens (including phenoxy) is 1. The second-order valence-electron chi connectivity index (χ2n) is 11.6. The summed E-state index contributed by atoms with van der Waals surface area (Å²) >= 11 is 0. The van der Waals surface area contributed by atoms with Gasteiger partial charge < -0.3 is 29.2 Å². The van der Waals surface area contributed by atoms with Crippen molar-refractivity contribution in [3.63, 3.8) is 0 Å². The molecule has 1 atom stereocenters. The summed E-state index contributed by atoms with van der Waals surface area (Å²) in [7, 11) is 2.06. The fraction of sp³-hybridized carbons (Fsp3) is 0.548. The predicted octanol–water partition coefficient (Wildman–Crippen LogP) is 4.21. The summed E-state index contributed by atoms with van der Waals surface area (Å²) in [4.78, 5) is 33.2. The molecule has 1 aliphatic carbocycles. The number of carbonyl (C=O) groups is 1. The van der Waals surface area contributed by atoms with E-state index in [-0.39, 0.29) is 42.3 Å². The number of anilines is 2. The van der Waals surface area contributed by atoms with E-state index in [1.165, 1.54) is 38.0 Å². The Labute approximate surface area is 250 Å². The second kappa shape index (κ2) is 12.8. The van der Waals surface area contributed by atoms with Crippen molar-refractivity contribution in [2.75, 3.05) is 69.3 Å². The van der Waals surface area contributed by atoms with Crippen LogP contribution in [0.3, 0.4) is 0 Å². The number of carbonyl (C=O) groups excluding carboxylic acids is 1. The van der Waals surface area contributed by atoms with Crippen LogP contribution in [0.2, 0.25) is 0 Å². The van der Waals surface area contributed by atoms with Crippen LogP contribution in [0, 0.1) is 19.4 Å². The molecule has 12 heteroatoms. The number of aromatic nitrogens is 2. The van der Waals surface area contributed by atoms with Crippen molar-refractivity contribution >= 4 is 17.4 Å². The number of piperazine rings is 1. The highest BCUT2D eigenvalue weighted by atomic mass is 19.4. The predicted molar refractivity (Wildman–Crippen MR) is 158 cm³/mol. The second-order valence-corrected chi connectivity index (χ2v) is 11.6. The van der Waals surface area contributed by atoms with Crippen LogP contribution in [0.5, 0.6) is 6.01 Å². The lowest BCUT2D eigenvalue weighted by molar-refractivity contribution is -0.137. The van der Waals surface area contributed by atoms with Gasteiger partial charge in [0, 0.05) is 50.5 Å². The fourth-order valence-corrected chi connectivity index (χ4v) is 6.05. The molecular formula is C31H38F3N7O2. The van der Waals surface area contributed by atoms with Crippen molar-refractivity contribution in [1.82, 2.24) is 19.8 Å². The highest BCUT2D eigenvalue weighted by molar-refractivity contribution is 5.87. The van der Waals surface area contributed by atoms with E-state index < -0.39 is 11.7 Å². The molecule has 0 spiro atoms. The first-order valence-electron chi connectivity index (χ1n) is 14.7. The number of hydrogen-bond acceptors (Lipinski definition) is 7. The Kier molecular flexibility index (Phi) is 9.11. The number of aryl methyl sites for hydroxylation is 1. The van der Waals surface area contributed by atoms with Gasteiger partial charge in [-0.2, -0.15) is 23.1 Å².